The van der Waals surface area contributed by atoms with Gasteiger partial charge in [-0.25, -0.2) is 14.6 Å². The summed E-state index contributed by atoms with van der Waals surface area (Å²) in [5.74, 6) is -0.185. The highest BCUT2D eigenvalue weighted by Crippen LogP contribution is 2.25. The molecule has 0 radical (unpaired) electrons. The lowest BCUT2D eigenvalue weighted by Gasteiger charge is -2.11. The number of amides is 3. The van der Waals surface area contributed by atoms with E-state index in [-0.39, 0.29) is 6.10 Å². The number of urea groups is 1. The van der Waals surface area contributed by atoms with Crippen molar-refractivity contribution in [2.75, 3.05) is 13.2 Å². The molecule has 2 aromatic rings. The van der Waals surface area contributed by atoms with Crippen LogP contribution >= 0.6 is 0 Å². The van der Waals surface area contributed by atoms with Crippen molar-refractivity contribution in [3.63, 3.8) is 0 Å². The van der Waals surface area contributed by atoms with Crippen LogP contribution in [0.5, 0.6) is 0 Å². The van der Waals surface area contributed by atoms with Gasteiger partial charge >= 0.3 is 6.03 Å². The van der Waals surface area contributed by atoms with Crippen molar-refractivity contribution in [2.24, 2.45) is 0 Å². The Morgan fingerprint density at radius 3 is 2.81 bits per heavy atom. The average Bonchev–Trinajstić information content (AvgIpc) is 3.35. The Balaban J connectivity index is 1.44. The number of ether oxygens (including phenoxy) is 1. The Kier molecular flexibility index (Phi) is 6.22. The number of carbonyl (C=O) groups excluding carboxylic acids is 2. The first-order valence-electron chi connectivity index (χ1n) is 8.60. The lowest BCUT2D eigenvalue weighted by molar-refractivity contribution is -0.117. The second-order valence-electron chi connectivity index (χ2n) is 5.97. The second kappa shape index (κ2) is 9.00. The summed E-state index contributed by atoms with van der Waals surface area (Å²) in [6.07, 6.45) is 4.54. The first-order valence-corrected chi connectivity index (χ1v) is 8.60. The van der Waals surface area contributed by atoms with Crippen LogP contribution in [-0.2, 0) is 9.53 Å². The molecular weight excluding hydrogens is 353 g/mol. The molecule has 3 N–H and O–H groups in total. The van der Waals surface area contributed by atoms with Crippen molar-refractivity contribution < 1.29 is 23.1 Å². The third kappa shape index (κ3) is 5.42. The van der Waals surface area contributed by atoms with Gasteiger partial charge in [0, 0.05) is 19.2 Å². The highest BCUT2D eigenvalue weighted by molar-refractivity contribution is 5.92. The van der Waals surface area contributed by atoms with Gasteiger partial charge in [-0.2, -0.15) is 0 Å². The molecule has 0 spiro atoms. The lowest BCUT2D eigenvalue weighted by Crippen LogP contribution is -2.48. The summed E-state index contributed by atoms with van der Waals surface area (Å²) in [6, 6.07) is 8.97. The van der Waals surface area contributed by atoms with E-state index in [9.17, 15) is 14.0 Å². The molecule has 7 nitrogen and oxygen atoms in total. The Morgan fingerprint density at radius 2 is 2.04 bits per heavy atom. The van der Waals surface area contributed by atoms with Crippen LogP contribution in [0, 0.1) is 5.82 Å². The van der Waals surface area contributed by atoms with Gasteiger partial charge in [0.25, 0.3) is 5.91 Å². The van der Waals surface area contributed by atoms with Gasteiger partial charge in [0.15, 0.2) is 0 Å². The molecule has 1 aliphatic rings. The standard InChI is InChI=1S/C19H20FN3O4/c20-16-6-2-1-5-15(16)17-9-7-13(27-17)8-10-18(24)22-23-19(25)21-12-14-4-3-11-26-14/h1-2,5-10,14H,3-4,11-12H2,(H,22,24)(H2,21,23,25)/b10-8+. The molecule has 8 heteroatoms. The molecule has 27 heavy (non-hydrogen) atoms. The summed E-state index contributed by atoms with van der Waals surface area (Å²) in [4.78, 5) is 23.3. The monoisotopic (exact) mass is 373 g/mol. The topological polar surface area (TPSA) is 92.6 Å². The van der Waals surface area contributed by atoms with E-state index in [1.54, 1.807) is 30.3 Å². The largest absolute Gasteiger partial charge is 0.457 e. The Morgan fingerprint density at radius 1 is 1.19 bits per heavy atom. The number of hydrazine groups is 1. The lowest BCUT2D eigenvalue weighted by atomic mass is 10.1. The molecular formula is C19H20FN3O4. The SMILES string of the molecule is O=C(/C=C/c1ccc(-c2ccccc2F)o1)NNC(=O)NCC1CCCO1. The number of benzene rings is 1. The molecule has 1 unspecified atom stereocenters. The molecule has 0 saturated carbocycles. The van der Waals surface area contributed by atoms with Crippen LogP contribution < -0.4 is 16.2 Å². The molecule has 1 fully saturated rings. The van der Waals surface area contributed by atoms with E-state index in [0.717, 1.165) is 12.8 Å². The Labute approximate surface area is 155 Å². The molecule has 1 aliphatic heterocycles. The minimum absolute atomic E-state index is 0.0222. The molecule has 1 aromatic heterocycles. The van der Waals surface area contributed by atoms with E-state index in [0.29, 0.717) is 30.2 Å². The van der Waals surface area contributed by atoms with Crippen molar-refractivity contribution in [3.05, 3.63) is 54.1 Å². The third-order valence-corrected chi connectivity index (χ3v) is 3.98. The minimum atomic E-state index is -0.536. The van der Waals surface area contributed by atoms with E-state index in [4.69, 9.17) is 9.15 Å². The van der Waals surface area contributed by atoms with Crippen LogP contribution in [0.3, 0.4) is 0 Å². The molecule has 1 saturated heterocycles. The van der Waals surface area contributed by atoms with Gasteiger partial charge in [-0.15, -0.1) is 0 Å². The van der Waals surface area contributed by atoms with Crippen LogP contribution in [0.4, 0.5) is 9.18 Å². The molecule has 2 heterocycles. The Bertz CT molecular complexity index is 828. The van der Waals surface area contributed by atoms with Gasteiger partial charge in [0.2, 0.25) is 0 Å². The highest BCUT2D eigenvalue weighted by Gasteiger charge is 2.16. The number of nitrogens with one attached hydrogen (secondary N) is 3. The molecule has 1 aromatic carbocycles. The zero-order valence-corrected chi connectivity index (χ0v) is 14.5. The normalized spacial score (nSPS) is 16.4. The maximum absolute atomic E-state index is 13.7. The predicted octanol–water partition coefficient (Wildman–Crippen LogP) is 2.61. The molecule has 0 bridgehead atoms. The predicted molar refractivity (Wildman–Crippen MR) is 96.8 cm³/mol. The van der Waals surface area contributed by atoms with E-state index < -0.39 is 17.8 Å². The quantitative estimate of drug-likeness (QED) is 0.555. The van der Waals surface area contributed by atoms with Crippen molar-refractivity contribution in [1.29, 1.82) is 0 Å². The van der Waals surface area contributed by atoms with Crippen molar-refractivity contribution in [1.82, 2.24) is 16.2 Å². The summed E-state index contributed by atoms with van der Waals surface area (Å²) in [7, 11) is 0. The van der Waals surface area contributed by atoms with Gasteiger partial charge in [0.1, 0.15) is 17.3 Å². The third-order valence-electron chi connectivity index (χ3n) is 3.98. The maximum Gasteiger partial charge on any atom is 0.333 e. The fraction of sp³-hybridized carbons (Fsp3) is 0.263. The van der Waals surface area contributed by atoms with Crippen LogP contribution in [0.15, 0.2) is 46.9 Å². The highest BCUT2D eigenvalue weighted by atomic mass is 19.1. The molecule has 142 valence electrons. The fourth-order valence-electron chi connectivity index (χ4n) is 2.62. The number of furan rings is 1. The van der Waals surface area contributed by atoms with Crippen LogP contribution in [0.1, 0.15) is 18.6 Å². The molecule has 3 amide bonds. The summed E-state index contributed by atoms with van der Waals surface area (Å²) >= 11 is 0. The molecule has 3 rings (SSSR count). The van der Waals surface area contributed by atoms with Gasteiger partial charge in [0.05, 0.1) is 11.7 Å². The summed E-state index contributed by atoms with van der Waals surface area (Å²) < 4.78 is 24.6. The molecule has 1 atom stereocenters. The number of carbonyl (C=O) groups is 2. The summed E-state index contributed by atoms with van der Waals surface area (Å²) in [5.41, 5.74) is 4.83. The van der Waals surface area contributed by atoms with Crippen molar-refractivity contribution in [3.8, 4) is 11.3 Å². The zero-order chi connectivity index (χ0) is 19.1. The smallest absolute Gasteiger partial charge is 0.333 e. The van der Waals surface area contributed by atoms with E-state index in [2.05, 4.69) is 16.2 Å². The van der Waals surface area contributed by atoms with E-state index in [1.807, 2.05) is 0 Å². The van der Waals surface area contributed by atoms with Crippen molar-refractivity contribution >= 4 is 18.0 Å². The minimum Gasteiger partial charge on any atom is -0.457 e. The second-order valence-corrected chi connectivity index (χ2v) is 5.97. The number of rotatable bonds is 5. The van der Waals surface area contributed by atoms with Gasteiger partial charge < -0.3 is 14.5 Å². The van der Waals surface area contributed by atoms with Gasteiger partial charge in [-0.1, -0.05) is 12.1 Å². The zero-order valence-electron chi connectivity index (χ0n) is 14.5. The average molecular weight is 373 g/mol. The molecule has 0 aliphatic carbocycles. The van der Waals surface area contributed by atoms with Crippen LogP contribution in [0.2, 0.25) is 0 Å². The maximum atomic E-state index is 13.7. The summed E-state index contributed by atoms with van der Waals surface area (Å²) in [5, 5.41) is 2.61. The Hall–Kier alpha value is -3.13. The van der Waals surface area contributed by atoms with Crippen LogP contribution in [-0.4, -0.2) is 31.2 Å². The number of hydrogen-bond acceptors (Lipinski definition) is 4. The van der Waals surface area contributed by atoms with Crippen molar-refractivity contribution in [2.45, 2.75) is 18.9 Å². The van der Waals surface area contributed by atoms with E-state index >= 15 is 0 Å². The van der Waals surface area contributed by atoms with Gasteiger partial charge in [-0.3, -0.25) is 10.2 Å². The summed E-state index contributed by atoms with van der Waals surface area (Å²) in [6.45, 7) is 1.10. The number of hydrogen-bond donors (Lipinski definition) is 3. The van der Waals surface area contributed by atoms with Crippen LogP contribution in [0.25, 0.3) is 17.4 Å². The fourth-order valence-corrected chi connectivity index (χ4v) is 2.62. The van der Waals surface area contributed by atoms with Gasteiger partial charge in [-0.05, 0) is 43.2 Å². The number of halogens is 1. The first-order chi connectivity index (χ1) is 13.1. The first kappa shape index (κ1) is 18.7. The van der Waals surface area contributed by atoms with E-state index in [1.165, 1.54) is 18.2 Å².